The van der Waals surface area contributed by atoms with Crippen molar-refractivity contribution in [3.8, 4) is 6.07 Å². The first-order valence-corrected chi connectivity index (χ1v) is 6.39. The first-order valence-electron chi connectivity index (χ1n) is 6.39. The van der Waals surface area contributed by atoms with Crippen LogP contribution >= 0.6 is 0 Å². The van der Waals surface area contributed by atoms with Crippen LogP contribution < -0.4 is 16.5 Å². The van der Waals surface area contributed by atoms with Crippen LogP contribution in [0, 0.1) is 16.7 Å². The number of nitrogens with zero attached hydrogens (tertiary/aromatic N) is 2. The second-order valence-corrected chi connectivity index (χ2v) is 5.30. The number of amidine groups is 1. The zero-order chi connectivity index (χ0) is 16.8. The van der Waals surface area contributed by atoms with Gasteiger partial charge in [0.1, 0.15) is 11.7 Å². The van der Waals surface area contributed by atoms with E-state index in [0.717, 1.165) is 0 Å². The molecule has 116 valence electrons. The van der Waals surface area contributed by atoms with E-state index in [0.29, 0.717) is 11.4 Å². The predicted octanol–water partition coefficient (Wildman–Crippen LogP) is 2.26. The molecule has 1 aromatic rings. The fraction of sp³-hybridized carbons (Fsp3) is 0.286. The van der Waals surface area contributed by atoms with Gasteiger partial charge in [-0.05, 0) is 45.0 Å². The van der Waals surface area contributed by atoms with Gasteiger partial charge in [-0.3, -0.25) is 16.2 Å². The topological polar surface area (TPSA) is 136 Å². The van der Waals surface area contributed by atoms with Gasteiger partial charge in [0.05, 0.1) is 5.69 Å². The highest BCUT2D eigenvalue weighted by molar-refractivity contribution is 6.45. The second-order valence-electron chi connectivity index (χ2n) is 5.30. The Labute approximate surface area is 128 Å². The molecule has 0 saturated carbocycles. The lowest BCUT2D eigenvalue weighted by molar-refractivity contribution is 0.0636. The van der Waals surface area contributed by atoms with Gasteiger partial charge in [0, 0.05) is 5.69 Å². The third-order valence-corrected chi connectivity index (χ3v) is 2.19. The highest BCUT2D eigenvalue weighted by atomic mass is 16.6. The number of hydrazone groups is 1. The van der Waals surface area contributed by atoms with E-state index < -0.39 is 17.5 Å². The molecule has 0 aromatic heterocycles. The summed E-state index contributed by atoms with van der Waals surface area (Å²) in [6, 6.07) is 8.26. The van der Waals surface area contributed by atoms with E-state index in [2.05, 4.69) is 15.8 Å². The lowest BCUT2D eigenvalue weighted by atomic mass is 10.2. The molecule has 0 radical (unpaired) electrons. The molecule has 0 saturated heterocycles. The summed E-state index contributed by atoms with van der Waals surface area (Å²) in [5.74, 6) is -0.418. The molecule has 22 heavy (non-hydrogen) atoms. The summed E-state index contributed by atoms with van der Waals surface area (Å²) < 4.78 is 5.13. The van der Waals surface area contributed by atoms with Crippen molar-refractivity contribution < 1.29 is 9.53 Å². The van der Waals surface area contributed by atoms with Crippen molar-refractivity contribution >= 4 is 29.0 Å². The number of hydrogen-bond acceptors (Lipinski definition) is 6. The average Bonchev–Trinajstić information content (AvgIpc) is 2.38. The second kappa shape index (κ2) is 7.08. The number of nitrogens with two attached hydrogens (primary N) is 1. The first kappa shape index (κ1) is 17.0. The first-order chi connectivity index (χ1) is 10.2. The van der Waals surface area contributed by atoms with Crippen LogP contribution in [0.5, 0.6) is 0 Å². The molecule has 1 amide bonds. The normalized spacial score (nSPS) is 11.3. The fourth-order valence-electron chi connectivity index (χ4n) is 1.32. The monoisotopic (exact) mass is 302 g/mol. The molecule has 0 heterocycles. The number of nitriles is 1. The van der Waals surface area contributed by atoms with Crippen molar-refractivity contribution in [2.24, 2.45) is 10.8 Å². The van der Waals surface area contributed by atoms with Gasteiger partial charge in [-0.2, -0.15) is 10.4 Å². The molecular formula is C14H18N6O2. The Morgan fingerprint density at radius 2 is 1.86 bits per heavy atom. The summed E-state index contributed by atoms with van der Waals surface area (Å²) in [6.07, 6.45) is -0.547. The van der Waals surface area contributed by atoms with Crippen molar-refractivity contribution in [1.82, 2.24) is 0 Å². The maximum Gasteiger partial charge on any atom is 0.412 e. The summed E-state index contributed by atoms with van der Waals surface area (Å²) in [7, 11) is 0. The van der Waals surface area contributed by atoms with Gasteiger partial charge in [-0.15, -0.1) is 0 Å². The van der Waals surface area contributed by atoms with E-state index in [9.17, 15) is 4.79 Å². The third kappa shape index (κ3) is 5.92. The van der Waals surface area contributed by atoms with Gasteiger partial charge in [0.15, 0.2) is 5.84 Å². The maximum atomic E-state index is 11.6. The molecule has 0 aliphatic heterocycles. The van der Waals surface area contributed by atoms with Gasteiger partial charge < -0.3 is 10.5 Å². The number of anilines is 2. The minimum Gasteiger partial charge on any atom is -0.444 e. The van der Waals surface area contributed by atoms with Gasteiger partial charge >= 0.3 is 6.09 Å². The Bertz CT molecular complexity index is 622. The summed E-state index contributed by atoms with van der Waals surface area (Å²) >= 11 is 0. The Hall–Kier alpha value is -3.08. The molecule has 0 aliphatic rings. The van der Waals surface area contributed by atoms with Gasteiger partial charge in [0.25, 0.3) is 0 Å². The zero-order valence-corrected chi connectivity index (χ0v) is 12.6. The molecule has 1 aromatic carbocycles. The van der Waals surface area contributed by atoms with E-state index in [4.69, 9.17) is 21.1 Å². The fourth-order valence-corrected chi connectivity index (χ4v) is 1.32. The molecule has 8 nitrogen and oxygen atoms in total. The Morgan fingerprint density at radius 1 is 1.32 bits per heavy atom. The number of rotatable bonds is 4. The van der Waals surface area contributed by atoms with Gasteiger partial charge in [0.2, 0.25) is 5.71 Å². The van der Waals surface area contributed by atoms with Crippen LogP contribution in [0.15, 0.2) is 29.4 Å². The van der Waals surface area contributed by atoms with Gasteiger partial charge in [-0.25, -0.2) is 4.79 Å². The molecule has 0 unspecified atom stereocenters. The van der Waals surface area contributed by atoms with E-state index in [1.165, 1.54) is 0 Å². The molecule has 0 fully saturated rings. The van der Waals surface area contributed by atoms with E-state index in [-0.39, 0.29) is 5.71 Å². The van der Waals surface area contributed by atoms with E-state index in [1.54, 1.807) is 51.1 Å². The van der Waals surface area contributed by atoms with Crippen LogP contribution in [-0.4, -0.2) is 23.2 Å². The minimum absolute atomic E-state index is 0.212. The standard InChI is InChI=1S/C14H18N6O2/c1-14(2,3)22-13(21)18-9-4-6-10(7-5-9)19-20-11(8-15)12(16)17/h4-7,19H,1-3H3,(H3,16,17)(H,18,21)/b20-11+. The molecule has 1 rings (SSSR count). The van der Waals surface area contributed by atoms with Crippen molar-refractivity contribution in [2.75, 3.05) is 10.7 Å². The summed E-state index contributed by atoms with van der Waals surface area (Å²) in [6.45, 7) is 5.33. The minimum atomic E-state index is -0.569. The molecule has 5 N–H and O–H groups in total. The van der Waals surface area contributed by atoms with Crippen LogP contribution in [-0.2, 0) is 4.74 Å². The highest BCUT2D eigenvalue weighted by Gasteiger charge is 2.16. The summed E-state index contributed by atoms with van der Waals surface area (Å²) in [5.41, 5.74) is 8.11. The lowest BCUT2D eigenvalue weighted by Gasteiger charge is -2.19. The van der Waals surface area contributed by atoms with Crippen LogP contribution in [0.2, 0.25) is 0 Å². The molecule has 8 heteroatoms. The molecular weight excluding hydrogens is 284 g/mol. The van der Waals surface area contributed by atoms with Crippen molar-refractivity contribution in [3.05, 3.63) is 24.3 Å². The maximum absolute atomic E-state index is 11.6. The number of nitrogens with one attached hydrogen (secondary N) is 3. The lowest BCUT2D eigenvalue weighted by Crippen LogP contribution is -2.27. The molecule has 0 bridgehead atoms. The SMILES string of the molecule is CC(C)(C)OC(=O)Nc1ccc(N/N=C(\C#N)C(=N)N)cc1. The quantitative estimate of drug-likeness (QED) is 0.384. The Morgan fingerprint density at radius 3 is 2.32 bits per heavy atom. The molecule has 0 aliphatic carbocycles. The number of carbonyl (C=O) groups excluding carboxylic acids is 1. The summed E-state index contributed by atoms with van der Waals surface area (Å²) in [5, 5.41) is 22.1. The number of carbonyl (C=O) groups is 1. The Kier molecular flexibility index (Phi) is 5.46. The van der Waals surface area contributed by atoms with Crippen molar-refractivity contribution in [1.29, 1.82) is 10.7 Å². The van der Waals surface area contributed by atoms with Crippen molar-refractivity contribution in [2.45, 2.75) is 26.4 Å². The number of benzene rings is 1. The van der Waals surface area contributed by atoms with Gasteiger partial charge in [-0.1, -0.05) is 0 Å². The van der Waals surface area contributed by atoms with Crippen LogP contribution in [0.3, 0.4) is 0 Å². The number of hydrogen-bond donors (Lipinski definition) is 4. The van der Waals surface area contributed by atoms with Crippen LogP contribution in [0.25, 0.3) is 0 Å². The van der Waals surface area contributed by atoms with Crippen molar-refractivity contribution in [3.63, 3.8) is 0 Å². The largest absolute Gasteiger partial charge is 0.444 e. The van der Waals surface area contributed by atoms with Crippen LogP contribution in [0.1, 0.15) is 20.8 Å². The average molecular weight is 302 g/mol. The molecule has 0 spiro atoms. The third-order valence-electron chi connectivity index (χ3n) is 2.19. The van der Waals surface area contributed by atoms with E-state index >= 15 is 0 Å². The number of amides is 1. The van der Waals surface area contributed by atoms with Crippen LogP contribution in [0.4, 0.5) is 16.2 Å². The predicted molar refractivity (Wildman–Crippen MR) is 84.9 cm³/mol. The smallest absolute Gasteiger partial charge is 0.412 e. The zero-order valence-electron chi connectivity index (χ0n) is 12.6. The van der Waals surface area contributed by atoms with E-state index in [1.807, 2.05) is 0 Å². The Balaban J connectivity index is 2.66. The summed E-state index contributed by atoms with van der Waals surface area (Å²) in [4.78, 5) is 11.6. The highest BCUT2D eigenvalue weighted by Crippen LogP contribution is 2.15. The number of ether oxygens (including phenoxy) is 1. The molecule has 0 atom stereocenters.